The number of nitrogens with zero attached hydrogens (tertiary/aromatic N) is 4. The van der Waals surface area contributed by atoms with Crippen molar-refractivity contribution in [1.82, 2.24) is 25.4 Å². The average molecular weight is 461 g/mol. The highest BCUT2D eigenvalue weighted by Gasteiger charge is 2.26. The van der Waals surface area contributed by atoms with Crippen LogP contribution in [0.2, 0.25) is 0 Å². The first-order chi connectivity index (χ1) is 16.5. The van der Waals surface area contributed by atoms with Crippen molar-refractivity contribution in [1.29, 1.82) is 5.26 Å². The van der Waals surface area contributed by atoms with Crippen LogP contribution in [0.4, 0.5) is 0 Å². The van der Waals surface area contributed by atoms with Gasteiger partial charge in [-0.2, -0.15) is 10.4 Å². The first-order valence-electron chi connectivity index (χ1n) is 11.1. The van der Waals surface area contributed by atoms with E-state index in [1.54, 1.807) is 24.2 Å². The van der Waals surface area contributed by atoms with E-state index in [1.165, 1.54) is 0 Å². The van der Waals surface area contributed by atoms with E-state index in [-0.39, 0.29) is 12.0 Å². The number of carbonyl (C=O) groups excluding carboxylic acids is 1. The van der Waals surface area contributed by atoms with Crippen molar-refractivity contribution in [3.8, 4) is 11.9 Å². The van der Waals surface area contributed by atoms with Gasteiger partial charge in [0.2, 0.25) is 0 Å². The molecule has 1 atom stereocenters. The van der Waals surface area contributed by atoms with Gasteiger partial charge in [0, 0.05) is 56.3 Å². The zero-order valence-corrected chi connectivity index (χ0v) is 19.6. The summed E-state index contributed by atoms with van der Waals surface area (Å²) in [6.45, 7) is 6.87. The number of aromatic nitrogens is 3. The van der Waals surface area contributed by atoms with E-state index in [9.17, 15) is 4.79 Å². The fourth-order valence-electron chi connectivity index (χ4n) is 4.09. The molecule has 1 aromatic carbocycles. The third-order valence-corrected chi connectivity index (χ3v) is 6.05. The highest BCUT2D eigenvalue weighted by molar-refractivity contribution is 5.94. The second-order valence-corrected chi connectivity index (χ2v) is 8.27. The van der Waals surface area contributed by atoms with E-state index in [0.29, 0.717) is 49.8 Å². The number of ether oxygens (including phenoxy) is 2. The van der Waals surface area contributed by atoms with Gasteiger partial charge in [-0.3, -0.25) is 0 Å². The van der Waals surface area contributed by atoms with Crippen molar-refractivity contribution in [2.24, 2.45) is 0 Å². The molecule has 0 bridgehead atoms. The summed E-state index contributed by atoms with van der Waals surface area (Å²) < 4.78 is 12.1. The molecular weight excluding hydrogens is 432 g/mol. The van der Waals surface area contributed by atoms with Crippen LogP contribution in [0.25, 0.3) is 5.82 Å². The zero-order valence-electron chi connectivity index (χ0n) is 19.6. The zero-order chi connectivity index (χ0) is 24.1. The van der Waals surface area contributed by atoms with Crippen LogP contribution in [0, 0.1) is 25.2 Å². The summed E-state index contributed by atoms with van der Waals surface area (Å²) in [6, 6.07) is 7.88. The minimum absolute atomic E-state index is 0.0361. The average Bonchev–Trinajstić information content (AvgIpc) is 3.46. The first kappa shape index (κ1) is 23.6. The molecule has 3 aromatic rings. The van der Waals surface area contributed by atoms with E-state index >= 15 is 0 Å². The van der Waals surface area contributed by atoms with Crippen LogP contribution >= 0.6 is 0 Å². The Kier molecular flexibility index (Phi) is 7.33. The van der Waals surface area contributed by atoms with E-state index in [2.05, 4.69) is 26.8 Å². The molecule has 1 aliphatic rings. The molecule has 0 saturated heterocycles. The number of cyclic esters (lactones) is 1. The number of hydrogen-bond acceptors (Lipinski definition) is 8. The maximum atomic E-state index is 11.9. The van der Waals surface area contributed by atoms with Crippen LogP contribution in [0.5, 0.6) is 0 Å². The Morgan fingerprint density at radius 2 is 2.18 bits per heavy atom. The van der Waals surface area contributed by atoms with Gasteiger partial charge < -0.3 is 20.1 Å². The highest BCUT2D eigenvalue weighted by Crippen LogP contribution is 2.29. The van der Waals surface area contributed by atoms with Gasteiger partial charge in [0.15, 0.2) is 5.82 Å². The maximum Gasteiger partial charge on any atom is 0.338 e. The molecule has 0 fully saturated rings. The molecule has 3 heterocycles. The molecule has 9 nitrogen and oxygen atoms in total. The van der Waals surface area contributed by atoms with Gasteiger partial charge in [-0.05, 0) is 42.7 Å². The summed E-state index contributed by atoms with van der Waals surface area (Å²) in [4.78, 5) is 16.2. The summed E-state index contributed by atoms with van der Waals surface area (Å²) in [5.74, 6) is 0.419. The van der Waals surface area contributed by atoms with Gasteiger partial charge >= 0.3 is 5.97 Å². The van der Waals surface area contributed by atoms with Crippen LogP contribution in [0.3, 0.4) is 0 Å². The van der Waals surface area contributed by atoms with Gasteiger partial charge in [-0.25, -0.2) is 14.5 Å². The molecule has 2 aromatic heterocycles. The molecule has 34 heavy (non-hydrogen) atoms. The van der Waals surface area contributed by atoms with Gasteiger partial charge in [-0.15, -0.1) is 0 Å². The third kappa shape index (κ3) is 4.99. The monoisotopic (exact) mass is 460 g/mol. The van der Waals surface area contributed by atoms with E-state index in [1.807, 2.05) is 38.2 Å². The minimum Gasteiger partial charge on any atom is -0.457 e. The number of benzene rings is 1. The molecule has 4 rings (SSSR count). The van der Waals surface area contributed by atoms with Crippen LogP contribution in [0.1, 0.15) is 49.8 Å². The summed E-state index contributed by atoms with van der Waals surface area (Å²) in [5.41, 5.74) is 6.27. The number of rotatable bonds is 10. The van der Waals surface area contributed by atoms with Crippen molar-refractivity contribution in [3.63, 3.8) is 0 Å². The Bertz CT molecular complexity index is 1230. The molecule has 0 aliphatic carbocycles. The molecule has 2 N–H and O–H groups in total. The molecule has 9 heteroatoms. The van der Waals surface area contributed by atoms with Crippen molar-refractivity contribution in [2.45, 2.75) is 33.0 Å². The van der Waals surface area contributed by atoms with Crippen molar-refractivity contribution < 1.29 is 14.3 Å². The normalized spacial score (nSPS) is 13.4. The number of aryl methyl sites for hydroxylation is 1. The second kappa shape index (κ2) is 10.6. The SMILES string of the molecule is COCCN[C@@H](CNCc1cnn(-c2cc(C)c(C#N)cn2)c1)c1ccc2c(c1C)COC2=O. The second-order valence-electron chi connectivity index (χ2n) is 8.27. The van der Waals surface area contributed by atoms with Crippen molar-refractivity contribution >= 4 is 5.97 Å². The fraction of sp³-hybridized carbons (Fsp3) is 0.360. The minimum atomic E-state index is -0.254. The molecular formula is C25H28N6O3. The molecule has 0 unspecified atom stereocenters. The number of nitrogens with one attached hydrogen (secondary N) is 2. The lowest BCUT2D eigenvalue weighted by molar-refractivity contribution is 0.0535. The lowest BCUT2D eigenvalue weighted by atomic mass is 9.94. The molecule has 176 valence electrons. The summed E-state index contributed by atoms with van der Waals surface area (Å²) >= 11 is 0. The number of methoxy groups -OCH3 is 1. The first-order valence-corrected chi connectivity index (χ1v) is 11.1. The maximum absolute atomic E-state index is 11.9. The van der Waals surface area contributed by atoms with Crippen LogP contribution in [-0.4, -0.2) is 47.5 Å². The van der Waals surface area contributed by atoms with E-state index in [0.717, 1.165) is 27.8 Å². The van der Waals surface area contributed by atoms with Crippen LogP contribution in [0.15, 0.2) is 36.8 Å². The predicted octanol–water partition coefficient (Wildman–Crippen LogP) is 2.49. The number of nitriles is 1. The molecule has 1 aliphatic heterocycles. The smallest absolute Gasteiger partial charge is 0.338 e. The lowest BCUT2D eigenvalue weighted by Gasteiger charge is -2.22. The lowest BCUT2D eigenvalue weighted by Crippen LogP contribution is -2.34. The quantitative estimate of drug-likeness (QED) is 0.350. The highest BCUT2D eigenvalue weighted by atomic mass is 16.5. The standard InChI is InChI=1S/C25H28N6O3/c1-16-8-24(29-12-19(16)9-26)31-14-18(11-30-31)10-27-13-23(28-6-7-33-3)20-4-5-21-22(17(20)2)15-34-25(21)32/h4-5,8,11-12,14,23,27-28H,6-7,10,13,15H2,1-3H3/t23-/m0/s1. The number of esters is 1. The Labute approximate surface area is 198 Å². The Hall–Kier alpha value is -3.58. The summed E-state index contributed by atoms with van der Waals surface area (Å²) in [6.07, 6.45) is 5.30. The Balaban J connectivity index is 1.44. The number of carbonyl (C=O) groups is 1. The molecule has 0 spiro atoms. The van der Waals surface area contributed by atoms with E-state index in [4.69, 9.17) is 14.7 Å². The van der Waals surface area contributed by atoms with Gasteiger partial charge in [0.05, 0.1) is 23.9 Å². The number of fused-ring (bicyclic) bond motifs is 1. The summed E-state index contributed by atoms with van der Waals surface area (Å²) in [7, 11) is 1.68. The van der Waals surface area contributed by atoms with Crippen LogP contribution in [-0.2, 0) is 22.6 Å². The van der Waals surface area contributed by atoms with Gasteiger partial charge in [-0.1, -0.05) is 6.07 Å². The fourth-order valence-corrected chi connectivity index (χ4v) is 4.09. The molecule has 0 radical (unpaired) electrons. The van der Waals surface area contributed by atoms with Gasteiger partial charge in [0.25, 0.3) is 0 Å². The number of hydrogen-bond donors (Lipinski definition) is 2. The van der Waals surface area contributed by atoms with Crippen LogP contribution < -0.4 is 10.6 Å². The topological polar surface area (TPSA) is 114 Å². The Morgan fingerprint density at radius 1 is 1.32 bits per heavy atom. The van der Waals surface area contributed by atoms with Crippen molar-refractivity contribution in [2.75, 3.05) is 26.8 Å². The molecule has 0 saturated carbocycles. The summed E-state index contributed by atoms with van der Waals surface area (Å²) in [5, 5.41) is 20.6. The van der Waals surface area contributed by atoms with E-state index < -0.39 is 0 Å². The van der Waals surface area contributed by atoms with Crippen molar-refractivity contribution in [3.05, 3.63) is 75.7 Å². The molecule has 0 amide bonds. The largest absolute Gasteiger partial charge is 0.457 e. The number of pyridine rings is 1. The Morgan fingerprint density at radius 3 is 2.94 bits per heavy atom. The third-order valence-electron chi connectivity index (χ3n) is 6.05. The van der Waals surface area contributed by atoms with Gasteiger partial charge in [0.1, 0.15) is 12.7 Å². The predicted molar refractivity (Wildman–Crippen MR) is 125 cm³/mol.